The molecular formula is C17H20N4O3. The quantitative estimate of drug-likeness (QED) is 0.798. The number of para-hydroxylation sites is 1. The fraction of sp³-hybridized carbons (Fsp3) is 0.412. The molecule has 24 heavy (non-hydrogen) atoms. The van der Waals surface area contributed by atoms with Crippen molar-refractivity contribution in [1.82, 2.24) is 19.9 Å². The summed E-state index contributed by atoms with van der Waals surface area (Å²) in [7, 11) is 0. The van der Waals surface area contributed by atoms with Gasteiger partial charge in [-0.25, -0.2) is 4.68 Å². The number of carbonyl (C=O) groups excluding carboxylic acids is 2. The predicted molar refractivity (Wildman–Crippen MR) is 86.6 cm³/mol. The van der Waals surface area contributed by atoms with Crippen LogP contribution in [0.15, 0.2) is 36.5 Å². The van der Waals surface area contributed by atoms with Gasteiger partial charge in [-0.2, -0.15) is 0 Å². The van der Waals surface area contributed by atoms with E-state index in [1.807, 2.05) is 30.3 Å². The van der Waals surface area contributed by atoms with Gasteiger partial charge in [0, 0.05) is 13.1 Å². The number of piperidine rings is 1. The summed E-state index contributed by atoms with van der Waals surface area (Å²) in [6, 6.07) is 9.51. The first-order valence-electron chi connectivity index (χ1n) is 8.12. The number of likely N-dealkylation sites (tertiary alicyclic amines) is 1. The molecule has 2 heterocycles. The summed E-state index contributed by atoms with van der Waals surface area (Å²) in [5, 5.41) is 8.00. The first kappa shape index (κ1) is 16.2. The standard InChI is InChI=1S/C17H20N4O3/c1-2-24-17(23)13-8-10-20(11-9-13)16(22)15-12-21(19-18-15)14-6-4-3-5-7-14/h3-7,12-13H,2,8-11H2,1H3. The zero-order valence-corrected chi connectivity index (χ0v) is 13.6. The second kappa shape index (κ2) is 7.25. The van der Waals surface area contributed by atoms with Crippen molar-refractivity contribution in [3.8, 4) is 5.69 Å². The van der Waals surface area contributed by atoms with Gasteiger partial charge in [0.15, 0.2) is 5.69 Å². The van der Waals surface area contributed by atoms with Crippen LogP contribution >= 0.6 is 0 Å². The summed E-state index contributed by atoms with van der Waals surface area (Å²) in [6.07, 6.45) is 2.88. The number of aromatic nitrogens is 3. The highest BCUT2D eigenvalue weighted by atomic mass is 16.5. The molecule has 0 aliphatic carbocycles. The molecule has 1 aliphatic rings. The van der Waals surface area contributed by atoms with Gasteiger partial charge in [0.2, 0.25) is 0 Å². The fourth-order valence-corrected chi connectivity index (χ4v) is 2.81. The highest BCUT2D eigenvalue weighted by Gasteiger charge is 2.29. The lowest BCUT2D eigenvalue weighted by Crippen LogP contribution is -2.40. The minimum atomic E-state index is -0.167. The van der Waals surface area contributed by atoms with Gasteiger partial charge >= 0.3 is 5.97 Å². The van der Waals surface area contributed by atoms with E-state index in [1.165, 1.54) is 0 Å². The van der Waals surface area contributed by atoms with Crippen LogP contribution in [0.1, 0.15) is 30.3 Å². The lowest BCUT2D eigenvalue weighted by Gasteiger charge is -2.30. The van der Waals surface area contributed by atoms with Gasteiger partial charge < -0.3 is 9.64 Å². The Kier molecular flexibility index (Phi) is 4.88. The molecule has 1 saturated heterocycles. The summed E-state index contributed by atoms with van der Waals surface area (Å²) in [6.45, 7) is 3.24. The molecule has 1 aromatic heterocycles. The molecule has 1 aliphatic heterocycles. The third kappa shape index (κ3) is 3.45. The Balaban J connectivity index is 1.62. The second-order valence-corrected chi connectivity index (χ2v) is 5.70. The first-order valence-corrected chi connectivity index (χ1v) is 8.12. The Bertz CT molecular complexity index is 706. The third-order valence-corrected chi connectivity index (χ3v) is 4.14. The number of ether oxygens (including phenoxy) is 1. The molecule has 0 bridgehead atoms. The first-order chi connectivity index (χ1) is 11.7. The molecule has 0 spiro atoms. The van der Waals surface area contributed by atoms with E-state index in [9.17, 15) is 9.59 Å². The van der Waals surface area contributed by atoms with Crippen LogP contribution in [0.5, 0.6) is 0 Å². The largest absolute Gasteiger partial charge is 0.466 e. The third-order valence-electron chi connectivity index (χ3n) is 4.14. The maximum absolute atomic E-state index is 12.5. The summed E-state index contributed by atoms with van der Waals surface area (Å²) in [4.78, 5) is 26.0. The molecule has 1 amide bonds. The Morgan fingerprint density at radius 2 is 1.92 bits per heavy atom. The molecule has 1 fully saturated rings. The predicted octanol–water partition coefficient (Wildman–Crippen LogP) is 1.68. The molecule has 0 radical (unpaired) electrons. The average Bonchev–Trinajstić information content (AvgIpc) is 3.12. The van der Waals surface area contributed by atoms with Crippen LogP contribution in [0.3, 0.4) is 0 Å². The van der Waals surface area contributed by atoms with Crippen LogP contribution in [0.25, 0.3) is 5.69 Å². The second-order valence-electron chi connectivity index (χ2n) is 5.70. The molecule has 1 aromatic carbocycles. The molecule has 0 N–H and O–H groups in total. The molecule has 7 nitrogen and oxygen atoms in total. The van der Waals surface area contributed by atoms with Crippen molar-refractivity contribution in [2.45, 2.75) is 19.8 Å². The van der Waals surface area contributed by atoms with E-state index in [2.05, 4.69) is 10.3 Å². The Morgan fingerprint density at radius 1 is 1.21 bits per heavy atom. The Morgan fingerprint density at radius 3 is 2.58 bits per heavy atom. The SMILES string of the molecule is CCOC(=O)C1CCN(C(=O)c2cn(-c3ccccc3)nn2)CC1. The smallest absolute Gasteiger partial charge is 0.309 e. The summed E-state index contributed by atoms with van der Waals surface area (Å²) in [5.74, 6) is -0.437. The van der Waals surface area contributed by atoms with Crippen molar-refractivity contribution in [2.24, 2.45) is 5.92 Å². The van der Waals surface area contributed by atoms with E-state index in [-0.39, 0.29) is 17.8 Å². The lowest BCUT2D eigenvalue weighted by molar-refractivity contribution is -0.149. The molecular weight excluding hydrogens is 308 g/mol. The van der Waals surface area contributed by atoms with E-state index in [0.717, 1.165) is 5.69 Å². The molecule has 0 saturated carbocycles. The minimum absolute atomic E-state index is 0.117. The molecule has 3 rings (SSSR count). The zero-order chi connectivity index (χ0) is 16.9. The topological polar surface area (TPSA) is 77.3 Å². The number of hydrogen-bond donors (Lipinski definition) is 0. The van der Waals surface area contributed by atoms with Crippen molar-refractivity contribution in [2.75, 3.05) is 19.7 Å². The number of amides is 1. The molecule has 7 heteroatoms. The molecule has 126 valence electrons. The number of benzene rings is 1. The highest BCUT2D eigenvalue weighted by Crippen LogP contribution is 2.20. The fourth-order valence-electron chi connectivity index (χ4n) is 2.81. The number of hydrogen-bond acceptors (Lipinski definition) is 5. The number of carbonyl (C=O) groups is 2. The maximum Gasteiger partial charge on any atom is 0.309 e. The van der Waals surface area contributed by atoms with Gasteiger partial charge in [0.25, 0.3) is 5.91 Å². The Labute approximate surface area is 140 Å². The minimum Gasteiger partial charge on any atom is -0.466 e. The summed E-state index contributed by atoms with van der Waals surface area (Å²) in [5.41, 5.74) is 1.17. The summed E-state index contributed by atoms with van der Waals surface area (Å²) < 4.78 is 6.63. The van der Waals surface area contributed by atoms with Crippen molar-refractivity contribution >= 4 is 11.9 Å². The average molecular weight is 328 g/mol. The monoisotopic (exact) mass is 328 g/mol. The van der Waals surface area contributed by atoms with Crippen LogP contribution in [0.2, 0.25) is 0 Å². The van der Waals surface area contributed by atoms with E-state index >= 15 is 0 Å². The van der Waals surface area contributed by atoms with Crippen LogP contribution in [-0.4, -0.2) is 51.5 Å². The van der Waals surface area contributed by atoms with Crippen molar-refractivity contribution < 1.29 is 14.3 Å². The van der Waals surface area contributed by atoms with Gasteiger partial charge in [0.05, 0.1) is 24.4 Å². The van der Waals surface area contributed by atoms with Gasteiger partial charge in [0.1, 0.15) is 0 Å². The van der Waals surface area contributed by atoms with Crippen LogP contribution in [-0.2, 0) is 9.53 Å². The zero-order valence-electron chi connectivity index (χ0n) is 13.6. The van der Waals surface area contributed by atoms with E-state index in [4.69, 9.17) is 4.74 Å². The lowest BCUT2D eigenvalue weighted by atomic mass is 9.97. The number of nitrogens with zero attached hydrogens (tertiary/aromatic N) is 4. The number of rotatable bonds is 4. The molecule has 2 aromatic rings. The van der Waals surface area contributed by atoms with E-state index in [0.29, 0.717) is 38.2 Å². The van der Waals surface area contributed by atoms with E-state index < -0.39 is 0 Å². The van der Waals surface area contributed by atoms with E-state index in [1.54, 1.807) is 22.7 Å². The molecule has 0 atom stereocenters. The van der Waals surface area contributed by atoms with Crippen LogP contribution in [0.4, 0.5) is 0 Å². The van der Waals surface area contributed by atoms with Gasteiger partial charge in [-0.1, -0.05) is 23.4 Å². The van der Waals surface area contributed by atoms with Crippen molar-refractivity contribution in [3.63, 3.8) is 0 Å². The number of esters is 1. The van der Waals surface area contributed by atoms with Gasteiger partial charge in [-0.15, -0.1) is 5.10 Å². The van der Waals surface area contributed by atoms with Crippen molar-refractivity contribution in [1.29, 1.82) is 0 Å². The van der Waals surface area contributed by atoms with Crippen LogP contribution < -0.4 is 0 Å². The normalized spacial score (nSPS) is 15.3. The van der Waals surface area contributed by atoms with Crippen LogP contribution in [0, 0.1) is 5.92 Å². The van der Waals surface area contributed by atoms with Gasteiger partial charge in [-0.05, 0) is 31.9 Å². The van der Waals surface area contributed by atoms with Crippen molar-refractivity contribution in [3.05, 3.63) is 42.2 Å². The highest BCUT2D eigenvalue weighted by molar-refractivity contribution is 5.92. The summed E-state index contributed by atoms with van der Waals surface area (Å²) >= 11 is 0. The van der Waals surface area contributed by atoms with Gasteiger partial charge in [-0.3, -0.25) is 9.59 Å². The Hall–Kier alpha value is -2.70. The maximum atomic E-state index is 12.5. The molecule has 0 unspecified atom stereocenters.